The summed E-state index contributed by atoms with van der Waals surface area (Å²) < 4.78 is 11.9. The van der Waals surface area contributed by atoms with Crippen LogP contribution in [-0.2, 0) is 14.9 Å². The van der Waals surface area contributed by atoms with Crippen molar-refractivity contribution in [2.45, 2.75) is 57.4 Å². The van der Waals surface area contributed by atoms with Crippen LogP contribution in [0.3, 0.4) is 0 Å². The predicted molar refractivity (Wildman–Crippen MR) is 120 cm³/mol. The van der Waals surface area contributed by atoms with E-state index in [1.807, 2.05) is 6.07 Å². The summed E-state index contributed by atoms with van der Waals surface area (Å²) in [5, 5.41) is 9.03. The molecule has 2 fully saturated rings. The molecular weight excluding hydrogens is 410 g/mol. The Balaban J connectivity index is 1.33. The number of aromatic nitrogens is 2. The summed E-state index contributed by atoms with van der Waals surface area (Å²) >= 11 is 0. The van der Waals surface area contributed by atoms with E-state index in [9.17, 15) is 9.59 Å². The van der Waals surface area contributed by atoms with Crippen LogP contribution in [-0.4, -0.2) is 59.3 Å². The van der Waals surface area contributed by atoms with Crippen molar-refractivity contribution in [3.63, 3.8) is 0 Å². The molecule has 2 aliphatic rings. The van der Waals surface area contributed by atoms with E-state index < -0.39 is 0 Å². The number of hydrogen-bond donors (Lipinski definition) is 3. The zero-order valence-corrected chi connectivity index (χ0v) is 18.7. The van der Waals surface area contributed by atoms with Gasteiger partial charge in [-0.25, -0.2) is 14.8 Å². The van der Waals surface area contributed by atoms with Gasteiger partial charge >= 0.3 is 6.03 Å². The Bertz CT molecular complexity index is 989. The van der Waals surface area contributed by atoms with Crippen molar-refractivity contribution >= 4 is 23.5 Å². The maximum atomic E-state index is 12.4. The highest BCUT2D eigenvalue weighted by Gasteiger charge is 2.48. The minimum absolute atomic E-state index is 0.0211. The standard InChI is InChI=1S/C23H29N5O4/c1-13(29)14-5-7-15(8-6-14)25-22(30)27-17-12-32-19-16(11-31-20(17)19)26-21-24-10-9-18(28-21)23(2,3)4/h5-10,16-17,19-20H,11-12H2,1-4H3,(H,24,26,28)(H2,25,27,30). The maximum absolute atomic E-state index is 12.4. The van der Waals surface area contributed by atoms with Gasteiger partial charge in [-0.1, -0.05) is 20.8 Å². The maximum Gasteiger partial charge on any atom is 0.319 e. The molecule has 0 aliphatic carbocycles. The number of urea groups is 1. The number of hydrogen-bond acceptors (Lipinski definition) is 7. The molecule has 2 saturated heterocycles. The second kappa shape index (κ2) is 8.84. The summed E-state index contributed by atoms with van der Waals surface area (Å²) in [6.07, 6.45) is 1.28. The lowest BCUT2D eigenvalue weighted by Gasteiger charge is -2.21. The number of nitrogens with zero attached hydrogens (tertiary/aromatic N) is 2. The van der Waals surface area contributed by atoms with Crippen LogP contribution in [0.15, 0.2) is 36.5 Å². The van der Waals surface area contributed by atoms with E-state index in [0.29, 0.717) is 30.4 Å². The van der Waals surface area contributed by atoms with E-state index in [1.165, 1.54) is 6.92 Å². The Morgan fingerprint density at radius 1 is 1.00 bits per heavy atom. The van der Waals surface area contributed by atoms with E-state index >= 15 is 0 Å². The number of Topliss-reactive ketones (excluding diaryl/α,β-unsaturated/α-hetero) is 1. The number of carbonyl (C=O) groups excluding carboxylic acids is 2. The molecule has 2 aliphatic heterocycles. The van der Waals surface area contributed by atoms with Gasteiger partial charge in [0.05, 0.1) is 31.0 Å². The third-order valence-corrected chi connectivity index (χ3v) is 5.66. The molecule has 1 aromatic heterocycles. The van der Waals surface area contributed by atoms with E-state index in [0.717, 1.165) is 5.69 Å². The fourth-order valence-corrected chi connectivity index (χ4v) is 3.88. The van der Waals surface area contributed by atoms with Gasteiger partial charge < -0.3 is 25.4 Å². The smallest absolute Gasteiger partial charge is 0.319 e. The van der Waals surface area contributed by atoms with Crippen molar-refractivity contribution in [3.05, 3.63) is 47.8 Å². The van der Waals surface area contributed by atoms with Crippen LogP contribution >= 0.6 is 0 Å². The number of nitrogens with one attached hydrogen (secondary N) is 3. The number of amides is 2. The average molecular weight is 440 g/mol. The molecule has 32 heavy (non-hydrogen) atoms. The predicted octanol–water partition coefficient (Wildman–Crippen LogP) is 2.75. The normalized spacial score (nSPS) is 24.6. The number of benzene rings is 1. The van der Waals surface area contributed by atoms with E-state index in [-0.39, 0.29) is 41.5 Å². The Kier molecular flexibility index (Phi) is 6.12. The van der Waals surface area contributed by atoms with Gasteiger partial charge in [0.25, 0.3) is 0 Å². The number of fused-ring (bicyclic) bond motifs is 1. The summed E-state index contributed by atoms with van der Waals surface area (Å²) in [7, 11) is 0. The van der Waals surface area contributed by atoms with Gasteiger partial charge in [0.1, 0.15) is 12.2 Å². The van der Waals surface area contributed by atoms with Crippen LogP contribution in [0.5, 0.6) is 0 Å². The molecule has 4 unspecified atom stereocenters. The number of rotatable bonds is 5. The minimum atomic E-state index is -0.351. The van der Waals surface area contributed by atoms with Crippen molar-refractivity contribution in [2.75, 3.05) is 23.8 Å². The lowest BCUT2D eigenvalue weighted by molar-refractivity contribution is 0.0683. The monoisotopic (exact) mass is 439 g/mol. The highest BCUT2D eigenvalue weighted by molar-refractivity contribution is 5.95. The molecule has 0 bridgehead atoms. The van der Waals surface area contributed by atoms with Gasteiger partial charge in [-0.2, -0.15) is 0 Å². The van der Waals surface area contributed by atoms with Crippen LogP contribution < -0.4 is 16.0 Å². The molecule has 4 atom stereocenters. The summed E-state index contributed by atoms with van der Waals surface area (Å²) in [6, 6.07) is 7.94. The molecule has 3 heterocycles. The van der Waals surface area contributed by atoms with Crippen LogP contribution in [0.2, 0.25) is 0 Å². The van der Waals surface area contributed by atoms with Crippen molar-refractivity contribution in [1.29, 1.82) is 0 Å². The molecule has 0 radical (unpaired) electrons. The van der Waals surface area contributed by atoms with E-state index in [2.05, 4.69) is 46.7 Å². The average Bonchev–Trinajstić information content (AvgIpc) is 3.31. The van der Waals surface area contributed by atoms with Gasteiger partial charge in [0.15, 0.2) is 5.78 Å². The van der Waals surface area contributed by atoms with Crippen LogP contribution in [0, 0.1) is 0 Å². The highest BCUT2D eigenvalue weighted by atomic mass is 16.6. The van der Waals surface area contributed by atoms with E-state index in [4.69, 9.17) is 9.47 Å². The van der Waals surface area contributed by atoms with Gasteiger partial charge in [-0.15, -0.1) is 0 Å². The van der Waals surface area contributed by atoms with Crippen molar-refractivity contribution in [2.24, 2.45) is 0 Å². The van der Waals surface area contributed by atoms with E-state index in [1.54, 1.807) is 30.5 Å². The van der Waals surface area contributed by atoms with Crippen molar-refractivity contribution < 1.29 is 19.1 Å². The first kappa shape index (κ1) is 22.2. The lowest BCUT2D eigenvalue weighted by Crippen LogP contribution is -2.46. The second-order valence-electron chi connectivity index (χ2n) is 9.20. The zero-order valence-electron chi connectivity index (χ0n) is 18.7. The van der Waals surface area contributed by atoms with Gasteiger partial charge in [0.2, 0.25) is 5.95 Å². The molecule has 3 N–H and O–H groups in total. The third-order valence-electron chi connectivity index (χ3n) is 5.66. The fraction of sp³-hybridized carbons (Fsp3) is 0.478. The number of carbonyl (C=O) groups is 2. The summed E-state index contributed by atoms with van der Waals surface area (Å²) in [6.45, 7) is 8.60. The summed E-state index contributed by atoms with van der Waals surface area (Å²) in [4.78, 5) is 32.8. The largest absolute Gasteiger partial charge is 0.371 e. The summed E-state index contributed by atoms with van der Waals surface area (Å²) in [5.74, 6) is 0.519. The first-order chi connectivity index (χ1) is 15.2. The fourth-order valence-electron chi connectivity index (χ4n) is 3.88. The van der Waals surface area contributed by atoms with Crippen LogP contribution in [0.4, 0.5) is 16.4 Å². The summed E-state index contributed by atoms with van der Waals surface area (Å²) in [5.41, 5.74) is 2.07. The molecule has 9 heteroatoms. The van der Waals surface area contributed by atoms with Gasteiger partial charge in [-0.05, 0) is 37.3 Å². The van der Waals surface area contributed by atoms with Crippen LogP contribution in [0.1, 0.15) is 43.7 Å². The highest BCUT2D eigenvalue weighted by Crippen LogP contribution is 2.29. The number of ether oxygens (including phenoxy) is 2. The lowest BCUT2D eigenvalue weighted by atomic mass is 9.92. The molecule has 9 nitrogen and oxygen atoms in total. The Hall–Kier alpha value is -3.04. The Morgan fingerprint density at radius 2 is 1.66 bits per heavy atom. The quantitative estimate of drug-likeness (QED) is 0.614. The topological polar surface area (TPSA) is 114 Å². The molecular formula is C23H29N5O4. The van der Waals surface area contributed by atoms with Crippen LogP contribution in [0.25, 0.3) is 0 Å². The Labute approximate surface area is 187 Å². The molecule has 0 saturated carbocycles. The first-order valence-corrected chi connectivity index (χ1v) is 10.7. The second-order valence-corrected chi connectivity index (χ2v) is 9.20. The van der Waals surface area contributed by atoms with Gasteiger partial charge in [-0.3, -0.25) is 4.79 Å². The number of anilines is 2. The molecule has 4 rings (SSSR count). The van der Waals surface area contributed by atoms with Gasteiger partial charge in [0, 0.05) is 22.9 Å². The first-order valence-electron chi connectivity index (χ1n) is 10.7. The molecule has 2 amide bonds. The van der Waals surface area contributed by atoms with Crippen molar-refractivity contribution in [3.8, 4) is 0 Å². The minimum Gasteiger partial charge on any atom is -0.371 e. The van der Waals surface area contributed by atoms with Crippen molar-refractivity contribution in [1.82, 2.24) is 15.3 Å². The molecule has 1 aromatic carbocycles. The number of ketones is 1. The molecule has 2 aromatic rings. The SMILES string of the molecule is CC(=O)c1ccc(NC(=O)NC2COC3C(Nc4nccc(C(C)(C)C)n4)COC23)cc1. The zero-order chi connectivity index (χ0) is 22.9. The molecule has 170 valence electrons. The molecule has 0 spiro atoms. The third kappa shape index (κ3) is 4.89. The Morgan fingerprint density at radius 3 is 2.31 bits per heavy atom.